The van der Waals surface area contributed by atoms with Gasteiger partial charge in [0.2, 0.25) is 0 Å². The summed E-state index contributed by atoms with van der Waals surface area (Å²) in [4.78, 5) is 2.34. The van der Waals surface area contributed by atoms with Crippen LogP contribution in [0.25, 0.3) is 0 Å². The first-order valence-corrected chi connectivity index (χ1v) is 5.87. The van der Waals surface area contributed by atoms with Gasteiger partial charge >= 0.3 is 0 Å². The maximum atomic E-state index is 8.94. The number of aryl methyl sites for hydroxylation is 1. The summed E-state index contributed by atoms with van der Waals surface area (Å²) in [7, 11) is 0. The molecule has 2 heterocycles. The lowest BCUT2D eigenvalue weighted by molar-refractivity contribution is 0.00943. The molecule has 0 amide bonds. The summed E-state index contributed by atoms with van der Waals surface area (Å²) in [5.41, 5.74) is 1.17. The molecule has 1 saturated heterocycles. The minimum atomic E-state index is -0.0712. The van der Waals surface area contributed by atoms with Gasteiger partial charge in [-0.3, -0.25) is 9.58 Å². The largest absolute Gasteiger partial charge is 0.299 e. The Hall–Kier alpha value is -1.34. The van der Waals surface area contributed by atoms with Crippen LogP contribution in [0.5, 0.6) is 0 Å². The van der Waals surface area contributed by atoms with E-state index in [-0.39, 0.29) is 5.54 Å². The molecule has 4 heteroatoms. The Bertz CT molecular complexity index is 395. The maximum absolute atomic E-state index is 8.94. The van der Waals surface area contributed by atoms with Gasteiger partial charge in [-0.15, -0.1) is 0 Å². The van der Waals surface area contributed by atoms with Gasteiger partial charge in [0.05, 0.1) is 18.7 Å². The molecule has 4 nitrogen and oxygen atoms in total. The van der Waals surface area contributed by atoms with Crippen molar-refractivity contribution >= 4 is 0 Å². The second-order valence-corrected chi connectivity index (χ2v) is 4.51. The zero-order valence-electron chi connectivity index (χ0n) is 9.98. The third kappa shape index (κ3) is 1.72. The van der Waals surface area contributed by atoms with Crippen LogP contribution in [-0.4, -0.2) is 34.3 Å². The van der Waals surface area contributed by atoms with Crippen LogP contribution in [-0.2, 0) is 12.0 Å². The van der Waals surface area contributed by atoms with Gasteiger partial charge in [0, 0.05) is 19.3 Å². The van der Waals surface area contributed by atoms with E-state index in [9.17, 15) is 0 Å². The van der Waals surface area contributed by atoms with Crippen molar-refractivity contribution in [3.05, 3.63) is 18.0 Å². The lowest BCUT2D eigenvalue weighted by Gasteiger charge is -2.48. The predicted octanol–water partition coefficient (Wildman–Crippen LogP) is 1.39. The van der Waals surface area contributed by atoms with Crippen molar-refractivity contribution < 1.29 is 0 Å². The summed E-state index contributed by atoms with van der Waals surface area (Å²) in [6, 6.07) is 2.29. The highest BCUT2D eigenvalue weighted by Crippen LogP contribution is 2.31. The average Bonchev–Trinajstić information content (AvgIpc) is 2.71. The minimum Gasteiger partial charge on any atom is -0.299 e. The van der Waals surface area contributed by atoms with Crippen molar-refractivity contribution in [2.45, 2.75) is 32.2 Å². The highest BCUT2D eigenvalue weighted by molar-refractivity contribution is 5.11. The first-order valence-electron chi connectivity index (χ1n) is 5.87. The topological polar surface area (TPSA) is 44.9 Å². The molecule has 16 heavy (non-hydrogen) atoms. The Labute approximate surface area is 96.5 Å². The molecule has 1 fully saturated rings. The van der Waals surface area contributed by atoms with Crippen LogP contribution in [0.1, 0.15) is 25.8 Å². The van der Waals surface area contributed by atoms with Crippen molar-refractivity contribution in [1.29, 1.82) is 5.26 Å². The zero-order chi connectivity index (χ0) is 11.6. The van der Waals surface area contributed by atoms with E-state index in [1.54, 1.807) is 0 Å². The maximum Gasteiger partial charge on any atom is 0.101 e. The van der Waals surface area contributed by atoms with Crippen LogP contribution in [0.3, 0.4) is 0 Å². The molecule has 0 aliphatic carbocycles. The van der Waals surface area contributed by atoms with E-state index < -0.39 is 0 Å². The molecule has 0 spiro atoms. The number of rotatable bonds is 4. The molecule has 2 rings (SSSR count). The Morgan fingerprint density at radius 1 is 1.50 bits per heavy atom. The molecule has 0 atom stereocenters. The molecule has 1 aromatic heterocycles. The first-order chi connectivity index (χ1) is 7.74. The van der Waals surface area contributed by atoms with Crippen LogP contribution in [0.2, 0.25) is 0 Å². The van der Waals surface area contributed by atoms with E-state index >= 15 is 0 Å². The molecular weight excluding hydrogens is 200 g/mol. The molecule has 0 bridgehead atoms. The summed E-state index contributed by atoms with van der Waals surface area (Å²) >= 11 is 0. The number of nitrogens with zero attached hydrogens (tertiary/aromatic N) is 4. The number of likely N-dealkylation sites (N-methyl/N-ethyl adjacent to an activating group) is 1. The molecule has 86 valence electrons. The van der Waals surface area contributed by atoms with Gasteiger partial charge in [-0.25, -0.2) is 0 Å². The fourth-order valence-electron chi connectivity index (χ4n) is 2.30. The third-order valence-corrected chi connectivity index (χ3v) is 3.42. The molecule has 0 radical (unpaired) electrons. The lowest BCUT2D eigenvalue weighted by Crippen LogP contribution is -2.62. The van der Waals surface area contributed by atoms with E-state index in [2.05, 4.69) is 36.1 Å². The van der Waals surface area contributed by atoms with Crippen molar-refractivity contribution in [1.82, 2.24) is 14.7 Å². The number of aromatic nitrogens is 2. The minimum absolute atomic E-state index is 0.0712. The Morgan fingerprint density at radius 2 is 2.25 bits per heavy atom. The standard InChI is InChI=1S/C12H18N4/c1-3-11-7-14-16(8-11)12(5-6-13)9-15(4-2)10-12/h7-8H,3-5,9-10H2,1-2H3. The van der Waals surface area contributed by atoms with Crippen LogP contribution < -0.4 is 0 Å². The highest BCUT2D eigenvalue weighted by Gasteiger charge is 2.44. The molecule has 1 aromatic rings. The van der Waals surface area contributed by atoms with Gasteiger partial charge in [-0.1, -0.05) is 13.8 Å². The van der Waals surface area contributed by atoms with E-state index in [1.165, 1.54) is 5.56 Å². The summed E-state index contributed by atoms with van der Waals surface area (Å²) in [6.45, 7) is 7.22. The second-order valence-electron chi connectivity index (χ2n) is 4.51. The van der Waals surface area contributed by atoms with Gasteiger partial charge in [-0.05, 0) is 18.5 Å². The monoisotopic (exact) mass is 218 g/mol. The molecule has 0 unspecified atom stereocenters. The van der Waals surface area contributed by atoms with Crippen LogP contribution in [0, 0.1) is 11.3 Å². The van der Waals surface area contributed by atoms with Crippen molar-refractivity contribution in [2.24, 2.45) is 0 Å². The summed E-state index contributed by atoms with van der Waals surface area (Å²) in [5, 5.41) is 13.3. The summed E-state index contributed by atoms with van der Waals surface area (Å²) in [6.07, 6.45) is 5.55. The summed E-state index contributed by atoms with van der Waals surface area (Å²) < 4.78 is 2.00. The molecular formula is C12H18N4. The smallest absolute Gasteiger partial charge is 0.101 e. The Kier molecular flexibility index (Phi) is 2.97. The fourth-order valence-corrected chi connectivity index (χ4v) is 2.30. The van der Waals surface area contributed by atoms with Crippen molar-refractivity contribution in [2.75, 3.05) is 19.6 Å². The normalized spacial score (nSPS) is 19.1. The molecule has 0 aromatic carbocycles. The second kappa shape index (κ2) is 4.26. The quantitative estimate of drug-likeness (QED) is 0.767. The van der Waals surface area contributed by atoms with Gasteiger partial charge in [0.1, 0.15) is 5.54 Å². The molecule has 1 aliphatic heterocycles. The van der Waals surface area contributed by atoms with Crippen LogP contribution in [0.15, 0.2) is 12.4 Å². The van der Waals surface area contributed by atoms with Gasteiger partial charge in [0.15, 0.2) is 0 Å². The Balaban J connectivity index is 2.18. The van der Waals surface area contributed by atoms with E-state index in [1.807, 2.05) is 10.9 Å². The predicted molar refractivity (Wildman–Crippen MR) is 61.9 cm³/mol. The zero-order valence-corrected chi connectivity index (χ0v) is 9.98. The van der Waals surface area contributed by atoms with Gasteiger partial charge in [-0.2, -0.15) is 10.4 Å². The lowest BCUT2D eigenvalue weighted by atomic mass is 9.87. The van der Waals surface area contributed by atoms with Crippen molar-refractivity contribution in [3.63, 3.8) is 0 Å². The fraction of sp³-hybridized carbons (Fsp3) is 0.667. The molecule has 1 aliphatic rings. The first kappa shape index (κ1) is 11.2. The van der Waals surface area contributed by atoms with Crippen LogP contribution in [0.4, 0.5) is 0 Å². The van der Waals surface area contributed by atoms with Gasteiger partial charge < -0.3 is 0 Å². The summed E-state index contributed by atoms with van der Waals surface area (Å²) in [5.74, 6) is 0. The van der Waals surface area contributed by atoms with E-state index in [4.69, 9.17) is 5.26 Å². The van der Waals surface area contributed by atoms with Crippen molar-refractivity contribution in [3.8, 4) is 6.07 Å². The highest BCUT2D eigenvalue weighted by atomic mass is 15.4. The molecule has 0 N–H and O–H groups in total. The average molecular weight is 218 g/mol. The van der Waals surface area contributed by atoms with Gasteiger partial charge in [0.25, 0.3) is 0 Å². The van der Waals surface area contributed by atoms with E-state index in [0.29, 0.717) is 6.42 Å². The third-order valence-electron chi connectivity index (χ3n) is 3.42. The number of nitriles is 1. The van der Waals surface area contributed by atoms with E-state index in [0.717, 1.165) is 26.1 Å². The Morgan fingerprint density at radius 3 is 2.75 bits per heavy atom. The molecule has 0 saturated carbocycles. The SMILES string of the molecule is CCc1cnn(C2(CC#N)CN(CC)C2)c1. The number of likely N-dealkylation sites (tertiary alicyclic amines) is 1. The number of hydrogen-bond donors (Lipinski definition) is 0. The number of hydrogen-bond acceptors (Lipinski definition) is 3. The van der Waals surface area contributed by atoms with Crippen LogP contribution >= 0.6 is 0 Å².